The lowest BCUT2D eigenvalue weighted by molar-refractivity contribution is 0.0512. The Morgan fingerprint density at radius 3 is 2.69 bits per heavy atom. The molecule has 1 aromatic carbocycles. The van der Waals surface area contributed by atoms with Crippen molar-refractivity contribution in [1.82, 2.24) is 9.78 Å². The number of hydrogen-bond acceptors (Lipinski definition) is 7. The monoisotopic (exact) mass is 442 g/mol. The lowest BCUT2D eigenvalue weighted by Gasteiger charge is -2.18. The van der Waals surface area contributed by atoms with E-state index < -0.39 is 11.7 Å². The van der Waals surface area contributed by atoms with Crippen LogP contribution >= 0.6 is 27.9 Å². The fraction of sp³-hybridized carbons (Fsp3) is 0.412. The van der Waals surface area contributed by atoms with Crippen LogP contribution in [0.5, 0.6) is 5.88 Å². The third-order valence-electron chi connectivity index (χ3n) is 3.24. The van der Waals surface area contributed by atoms with Crippen molar-refractivity contribution in [1.29, 1.82) is 0 Å². The number of nitrogens with zero attached hydrogens (tertiary/aromatic N) is 2. The largest absolute Gasteiger partial charge is 0.478 e. The van der Waals surface area contributed by atoms with Gasteiger partial charge >= 0.3 is 6.09 Å². The highest BCUT2D eigenvalue weighted by molar-refractivity contribution is 9.10. The smallest absolute Gasteiger partial charge is 0.435 e. The molecule has 1 aromatic heterocycles. The first-order valence-electron chi connectivity index (χ1n) is 7.92. The predicted octanol–water partition coefficient (Wildman–Crippen LogP) is 4.74. The molecule has 2 rings (SSSR count). The van der Waals surface area contributed by atoms with E-state index in [1.54, 1.807) is 27.0 Å². The summed E-state index contributed by atoms with van der Waals surface area (Å²) in [5.74, 6) is 0.322. The van der Waals surface area contributed by atoms with Crippen molar-refractivity contribution in [2.75, 3.05) is 23.4 Å². The minimum absolute atomic E-state index is 0.322. The van der Waals surface area contributed by atoms with Crippen molar-refractivity contribution < 1.29 is 14.3 Å². The maximum atomic E-state index is 12.2. The van der Waals surface area contributed by atoms with Gasteiger partial charge in [0.15, 0.2) is 0 Å². The fourth-order valence-electron chi connectivity index (χ4n) is 2.16. The number of ether oxygens (including phenoxy) is 2. The van der Waals surface area contributed by atoms with E-state index in [4.69, 9.17) is 9.47 Å². The van der Waals surface area contributed by atoms with Crippen LogP contribution in [0, 0.1) is 0 Å². The van der Waals surface area contributed by atoms with Crippen LogP contribution in [0.15, 0.2) is 28.9 Å². The van der Waals surface area contributed by atoms with Crippen LogP contribution in [-0.4, -0.2) is 34.8 Å². The molecule has 0 aliphatic rings. The van der Waals surface area contributed by atoms with Crippen molar-refractivity contribution in [3.8, 4) is 5.88 Å². The van der Waals surface area contributed by atoms with Gasteiger partial charge in [-0.2, -0.15) is 4.68 Å². The van der Waals surface area contributed by atoms with E-state index in [1.807, 2.05) is 24.5 Å². The van der Waals surface area contributed by atoms with Crippen LogP contribution in [0.1, 0.15) is 26.3 Å². The van der Waals surface area contributed by atoms with Gasteiger partial charge in [0.2, 0.25) is 0 Å². The van der Waals surface area contributed by atoms with E-state index in [-0.39, 0.29) is 0 Å². The lowest BCUT2D eigenvalue weighted by Crippen LogP contribution is -2.27. The van der Waals surface area contributed by atoms with Gasteiger partial charge in [-0.05, 0) is 32.9 Å². The number of methoxy groups -OCH3 is 1. The van der Waals surface area contributed by atoms with Crippen LogP contribution < -0.4 is 14.8 Å². The molecule has 0 saturated heterocycles. The molecular weight excluding hydrogens is 420 g/mol. The maximum Gasteiger partial charge on any atom is 0.435 e. The van der Waals surface area contributed by atoms with Gasteiger partial charge in [-0.25, -0.2) is 4.79 Å². The number of nitrogens with one attached hydrogen (secondary N) is 2. The number of halogens is 1. The van der Waals surface area contributed by atoms with E-state index in [1.165, 1.54) is 19.1 Å². The Balaban J connectivity index is 2.19. The molecule has 0 unspecified atom stereocenters. The second-order valence-corrected chi connectivity index (χ2v) is 7.87. The number of carbonyl (C=O) groups excluding carboxylic acids is 1. The summed E-state index contributed by atoms with van der Waals surface area (Å²) in [6.45, 7) is 5.93. The summed E-state index contributed by atoms with van der Waals surface area (Å²) < 4.78 is 16.0. The van der Waals surface area contributed by atoms with E-state index in [0.29, 0.717) is 18.1 Å². The van der Waals surface area contributed by atoms with Crippen molar-refractivity contribution in [2.24, 2.45) is 0 Å². The van der Waals surface area contributed by atoms with Gasteiger partial charge in [-0.3, -0.25) is 0 Å². The molecule has 7 nitrogen and oxygen atoms in total. The molecule has 0 saturated carbocycles. The molecule has 26 heavy (non-hydrogen) atoms. The zero-order valence-corrected chi connectivity index (χ0v) is 17.8. The van der Waals surface area contributed by atoms with Crippen LogP contribution in [-0.2, 0) is 11.3 Å². The molecule has 0 aliphatic carbocycles. The highest BCUT2D eigenvalue weighted by Gasteiger charge is 2.21. The maximum absolute atomic E-state index is 12.2. The second-order valence-electron chi connectivity index (χ2n) is 6.40. The molecular formula is C17H23BrN4O3S. The van der Waals surface area contributed by atoms with E-state index in [9.17, 15) is 4.79 Å². The number of benzene rings is 1. The molecule has 0 fully saturated rings. The standard InChI is InChI=1S/C17H23BrN4O3S/c1-17(2,3)25-16(23)22-10-14(15(20-22)24-4)19-9-11-12(18)7-6-8-13(11)21-26-5/h6-8,10,19,21H,9H2,1-5H3. The van der Waals surface area contributed by atoms with Crippen LogP contribution in [0.3, 0.4) is 0 Å². The molecule has 0 amide bonds. The van der Waals surface area contributed by atoms with Crippen molar-refractivity contribution in [3.63, 3.8) is 0 Å². The number of hydrogen-bond donors (Lipinski definition) is 2. The summed E-state index contributed by atoms with van der Waals surface area (Å²) in [6, 6.07) is 5.94. The number of aromatic nitrogens is 2. The molecule has 9 heteroatoms. The molecule has 0 radical (unpaired) electrons. The molecule has 0 atom stereocenters. The van der Waals surface area contributed by atoms with Gasteiger partial charge in [0.25, 0.3) is 5.88 Å². The third-order valence-corrected chi connectivity index (χ3v) is 4.41. The van der Waals surface area contributed by atoms with Gasteiger partial charge in [0, 0.05) is 22.8 Å². The first kappa shape index (κ1) is 20.4. The van der Waals surface area contributed by atoms with Crippen molar-refractivity contribution in [2.45, 2.75) is 32.9 Å². The molecule has 142 valence electrons. The average molecular weight is 443 g/mol. The number of carbonyl (C=O) groups is 1. The Kier molecular flexibility index (Phi) is 6.82. The van der Waals surface area contributed by atoms with E-state index in [2.05, 4.69) is 31.1 Å². The minimum Gasteiger partial charge on any atom is -0.478 e. The first-order chi connectivity index (χ1) is 12.2. The van der Waals surface area contributed by atoms with E-state index in [0.717, 1.165) is 20.4 Å². The second kappa shape index (κ2) is 8.68. The summed E-state index contributed by atoms with van der Waals surface area (Å²) in [5.41, 5.74) is 2.05. The Bertz CT molecular complexity index is 774. The lowest BCUT2D eigenvalue weighted by atomic mass is 10.2. The quantitative estimate of drug-likeness (QED) is 0.625. The van der Waals surface area contributed by atoms with Gasteiger partial charge in [0.1, 0.15) is 11.3 Å². The Labute approximate surface area is 166 Å². The van der Waals surface area contributed by atoms with Crippen LogP contribution in [0.2, 0.25) is 0 Å². The van der Waals surface area contributed by atoms with Crippen LogP contribution in [0.4, 0.5) is 16.2 Å². The highest BCUT2D eigenvalue weighted by Crippen LogP contribution is 2.29. The average Bonchev–Trinajstić information content (AvgIpc) is 2.96. The Morgan fingerprint density at radius 2 is 2.08 bits per heavy atom. The zero-order valence-electron chi connectivity index (χ0n) is 15.4. The molecule has 0 aliphatic heterocycles. The third kappa shape index (κ3) is 5.31. The normalized spacial score (nSPS) is 11.2. The molecule has 2 aromatic rings. The number of anilines is 2. The number of rotatable bonds is 6. The summed E-state index contributed by atoms with van der Waals surface area (Å²) in [4.78, 5) is 12.2. The predicted molar refractivity (Wildman–Crippen MR) is 109 cm³/mol. The van der Waals surface area contributed by atoms with Gasteiger partial charge in [-0.15, -0.1) is 5.10 Å². The fourth-order valence-corrected chi connectivity index (χ4v) is 3.08. The SMILES string of the molecule is COc1nn(C(=O)OC(C)(C)C)cc1NCc1c(Br)cccc1NSC. The van der Waals surface area contributed by atoms with Gasteiger partial charge < -0.3 is 19.5 Å². The van der Waals surface area contributed by atoms with Gasteiger partial charge in [-0.1, -0.05) is 33.9 Å². The summed E-state index contributed by atoms with van der Waals surface area (Å²) in [7, 11) is 1.51. The summed E-state index contributed by atoms with van der Waals surface area (Å²) in [6.07, 6.45) is 2.96. The minimum atomic E-state index is -0.600. The zero-order chi connectivity index (χ0) is 19.3. The van der Waals surface area contributed by atoms with Gasteiger partial charge in [0.05, 0.1) is 19.0 Å². The molecule has 0 bridgehead atoms. The topological polar surface area (TPSA) is 77.4 Å². The molecule has 2 N–H and O–H groups in total. The van der Waals surface area contributed by atoms with Crippen LogP contribution in [0.25, 0.3) is 0 Å². The molecule has 1 heterocycles. The van der Waals surface area contributed by atoms with E-state index >= 15 is 0 Å². The Hall–Kier alpha value is -1.87. The molecule has 0 spiro atoms. The van der Waals surface area contributed by atoms with Crippen molar-refractivity contribution >= 4 is 45.3 Å². The Morgan fingerprint density at radius 1 is 1.35 bits per heavy atom. The summed E-state index contributed by atoms with van der Waals surface area (Å²) in [5, 5.41) is 7.40. The first-order valence-corrected chi connectivity index (χ1v) is 9.94. The highest BCUT2D eigenvalue weighted by atomic mass is 79.9. The van der Waals surface area contributed by atoms with Crippen molar-refractivity contribution in [3.05, 3.63) is 34.4 Å². The summed E-state index contributed by atoms with van der Waals surface area (Å²) >= 11 is 5.09.